The third kappa shape index (κ3) is 3.29. The summed E-state index contributed by atoms with van der Waals surface area (Å²) in [5.74, 6) is 2.81. The van der Waals surface area contributed by atoms with Gasteiger partial charge in [0.15, 0.2) is 5.16 Å². The lowest BCUT2D eigenvalue weighted by atomic mass is 10.2. The number of rotatable bonds is 7. The van der Waals surface area contributed by atoms with Gasteiger partial charge in [0.2, 0.25) is 5.91 Å². The molecule has 1 amide bonds. The second kappa shape index (κ2) is 6.03. The highest BCUT2D eigenvalue weighted by Gasteiger charge is 2.36. The summed E-state index contributed by atoms with van der Waals surface area (Å²) < 4.78 is 7.58. The topological polar surface area (TPSA) is 73.0 Å². The standard InChI is InChI=1S/C16H20N4O2S/c1-10(13-3-2-8-22-13)17-14(21)9-23-16-19-18-15(11-4-5-11)20(16)12-6-7-12/h2-3,8,10-12H,4-7,9H2,1H3,(H,17,21)/t10-/m0/s1. The molecule has 2 heterocycles. The van der Waals surface area contributed by atoms with Crippen LogP contribution in [0.3, 0.4) is 0 Å². The first-order valence-electron chi connectivity index (χ1n) is 8.12. The first-order valence-corrected chi connectivity index (χ1v) is 9.11. The summed E-state index contributed by atoms with van der Waals surface area (Å²) in [5, 5.41) is 12.5. The monoisotopic (exact) mass is 332 g/mol. The summed E-state index contributed by atoms with van der Waals surface area (Å²) in [7, 11) is 0. The molecule has 6 nitrogen and oxygen atoms in total. The summed E-state index contributed by atoms with van der Waals surface area (Å²) in [5.41, 5.74) is 0. The molecule has 2 fully saturated rings. The lowest BCUT2D eigenvalue weighted by Crippen LogP contribution is -2.28. The first-order chi connectivity index (χ1) is 11.2. The van der Waals surface area contributed by atoms with Crippen molar-refractivity contribution >= 4 is 17.7 Å². The van der Waals surface area contributed by atoms with Gasteiger partial charge in [-0.25, -0.2) is 0 Å². The molecule has 0 radical (unpaired) electrons. The summed E-state index contributed by atoms with van der Waals surface area (Å²) >= 11 is 1.48. The molecular weight excluding hydrogens is 312 g/mol. The average molecular weight is 332 g/mol. The molecule has 0 saturated heterocycles. The van der Waals surface area contributed by atoms with Crippen molar-refractivity contribution in [2.24, 2.45) is 0 Å². The van der Waals surface area contributed by atoms with Crippen LogP contribution in [0.2, 0.25) is 0 Å². The van der Waals surface area contributed by atoms with E-state index in [1.54, 1.807) is 6.26 Å². The molecule has 122 valence electrons. The van der Waals surface area contributed by atoms with Crippen molar-refractivity contribution in [3.05, 3.63) is 30.0 Å². The number of aromatic nitrogens is 3. The zero-order valence-corrected chi connectivity index (χ0v) is 13.9. The predicted octanol–water partition coefficient (Wildman–Crippen LogP) is 3.05. The summed E-state index contributed by atoms with van der Waals surface area (Å²) in [4.78, 5) is 12.1. The van der Waals surface area contributed by atoms with E-state index in [9.17, 15) is 4.79 Å². The number of furan rings is 1. The van der Waals surface area contributed by atoms with Crippen molar-refractivity contribution in [3.8, 4) is 0 Å². The summed E-state index contributed by atoms with van der Waals surface area (Å²) in [6, 6.07) is 4.11. The van der Waals surface area contributed by atoms with Crippen LogP contribution in [0.1, 0.15) is 62.2 Å². The van der Waals surface area contributed by atoms with E-state index in [0.717, 1.165) is 16.7 Å². The fourth-order valence-corrected chi connectivity index (χ4v) is 3.53. The molecule has 0 unspecified atom stereocenters. The van der Waals surface area contributed by atoms with Crippen LogP contribution in [0, 0.1) is 0 Å². The average Bonchev–Trinajstić information content (AvgIpc) is 3.47. The van der Waals surface area contributed by atoms with Crippen LogP contribution in [0.15, 0.2) is 28.0 Å². The summed E-state index contributed by atoms with van der Waals surface area (Å²) in [6.07, 6.45) is 6.46. The van der Waals surface area contributed by atoms with E-state index in [4.69, 9.17) is 4.42 Å². The predicted molar refractivity (Wildman–Crippen MR) is 86.3 cm³/mol. The van der Waals surface area contributed by atoms with Crippen molar-refractivity contribution < 1.29 is 9.21 Å². The van der Waals surface area contributed by atoms with Crippen LogP contribution in [-0.4, -0.2) is 26.4 Å². The van der Waals surface area contributed by atoms with Gasteiger partial charge >= 0.3 is 0 Å². The molecule has 0 aliphatic heterocycles. The van der Waals surface area contributed by atoms with Gasteiger partial charge in [-0.1, -0.05) is 11.8 Å². The maximum absolute atomic E-state index is 12.1. The molecule has 7 heteroatoms. The minimum atomic E-state index is -0.124. The van der Waals surface area contributed by atoms with Gasteiger partial charge in [0, 0.05) is 12.0 Å². The highest BCUT2D eigenvalue weighted by atomic mass is 32.2. The molecular formula is C16H20N4O2S. The number of amides is 1. The fraction of sp³-hybridized carbons (Fsp3) is 0.562. The number of carbonyl (C=O) groups is 1. The molecule has 2 aliphatic carbocycles. The SMILES string of the molecule is C[C@H](NC(=O)CSc1nnc(C2CC2)n1C1CC1)c1ccco1. The molecule has 23 heavy (non-hydrogen) atoms. The Morgan fingerprint density at radius 1 is 1.43 bits per heavy atom. The highest BCUT2D eigenvalue weighted by Crippen LogP contribution is 2.45. The molecule has 1 atom stereocenters. The van der Waals surface area contributed by atoms with Gasteiger partial charge in [0.1, 0.15) is 11.6 Å². The zero-order valence-electron chi connectivity index (χ0n) is 13.1. The molecule has 2 aromatic rings. The smallest absolute Gasteiger partial charge is 0.231 e. The van der Waals surface area contributed by atoms with Gasteiger partial charge in [-0.15, -0.1) is 10.2 Å². The van der Waals surface area contributed by atoms with Crippen molar-refractivity contribution in [2.75, 3.05) is 5.75 Å². The van der Waals surface area contributed by atoms with E-state index in [1.165, 1.54) is 37.4 Å². The minimum Gasteiger partial charge on any atom is -0.467 e. The van der Waals surface area contributed by atoms with E-state index in [2.05, 4.69) is 20.1 Å². The van der Waals surface area contributed by atoms with Crippen molar-refractivity contribution in [3.63, 3.8) is 0 Å². The second-order valence-corrected chi connectivity index (χ2v) is 7.25. The largest absolute Gasteiger partial charge is 0.467 e. The number of thioether (sulfide) groups is 1. The molecule has 2 saturated carbocycles. The highest BCUT2D eigenvalue weighted by molar-refractivity contribution is 7.99. The van der Waals surface area contributed by atoms with Crippen LogP contribution in [0.5, 0.6) is 0 Å². The fourth-order valence-electron chi connectivity index (χ4n) is 2.70. The van der Waals surface area contributed by atoms with E-state index in [1.807, 2.05) is 19.1 Å². The van der Waals surface area contributed by atoms with Crippen LogP contribution in [-0.2, 0) is 4.79 Å². The maximum Gasteiger partial charge on any atom is 0.231 e. The van der Waals surface area contributed by atoms with Gasteiger partial charge in [0.05, 0.1) is 18.1 Å². The first kappa shape index (κ1) is 14.8. The van der Waals surface area contributed by atoms with E-state index < -0.39 is 0 Å². The molecule has 0 spiro atoms. The zero-order chi connectivity index (χ0) is 15.8. The second-order valence-electron chi connectivity index (χ2n) is 6.31. The Hall–Kier alpha value is -1.76. The lowest BCUT2D eigenvalue weighted by Gasteiger charge is -2.11. The third-order valence-electron chi connectivity index (χ3n) is 4.23. The molecule has 2 aliphatic rings. The number of nitrogens with zero attached hydrogens (tertiary/aromatic N) is 3. The molecule has 1 N–H and O–H groups in total. The van der Waals surface area contributed by atoms with Crippen molar-refractivity contribution in [2.45, 2.75) is 55.8 Å². The lowest BCUT2D eigenvalue weighted by molar-refractivity contribution is -0.119. The van der Waals surface area contributed by atoms with E-state index in [-0.39, 0.29) is 11.9 Å². The normalized spacial score (nSPS) is 18.8. The Kier molecular flexibility index (Phi) is 3.88. The summed E-state index contributed by atoms with van der Waals surface area (Å²) in [6.45, 7) is 1.92. The Labute approximate surface area is 139 Å². The number of carbonyl (C=O) groups excluding carboxylic acids is 1. The maximum atomic E-state index is 12.1. The minimum absolute atomic E-state index is 0.0165. The van der Waals surface area contributed by atoms with Gasteiger partial charge in [-0.05, 0) is 44.7 Å². The number of nitrogens with one attached hydrogen (secondary N) is 1. The van der Waals surface area contributed by atoms with Crippen LogP contribution < -0.4 is 5.32 Å². The Morgan fingerprint density at radius 2 is 2.26 bits per heavy atom. The number of hydrogen-bond donors (Lipinski definition) is 1. The van der Waals surface area contributed by atoms with E-state index in [0.29, 0.717) is 17.7 Å². The third-order valence-corrected chi connectivity index (χ3v) is 5.17. The quantitative estimate of drug-likeness (QED) is 0.789. The van der Waals surface area contributed by atoms with Crippen molar-refractivity contribution in [1.29, 1.82) is 0 Å². The Bertz CT molecular complexity index is 689. The van der Waals surface area contributed by atoms with Gasteiger partial charge < -0.3 is 14.3 Å². The van der Waals surface area contributed by atoms with Crippen LogP contribution in [0.4, 0.5) is 0 Å². The van der Waals surface area contributed by atoms with Gasteiger partial charge in [-0.2, -0.15) is 0 Å². The number of hydrogen-bond acceptors (Lipinski definition) is 5. The Balaban J connectivity index is 1.36. The van der Waals surface area contributed by atoms with Crippen LogP contribution >= 0.6 is 11.8 Å². The molecule has 0 bridgehead atoms. The van der Waals surface area contributed by atoms with Crippen LogP contribution in [0.25, 0.3) is 0 Å². The van der Waals surface area contributed by atoms with Gasteiger partial charge in [-0.3, -0.25) is 4.79 Å². The molecule has 4 rings (SSSR count). The van der Waals surface area contributed by atoms with Crippen molar-refractivity contribution in [1.82, 2.24) is 20.1 Å². The molecule has 0 aromatic carbocycles. The molecule has 2 aromatic heterocycles. The van der Waals surface area contributed by atoms with E-state index >= 15 is 0 Å². The van der Waals surface area contributed by atoms with Gasteiger partial charge in [0.25, 0.3) is 0 Å². The Morgan fingerprint density at radius 3 is 2.91 bits per heavy atom.